The van der Waals surface area contributed by atoms with Gasteiger partial charge < -0.3 is 14.5 Å². The predicted molar refractivity (Wildman–Crippen MR) is 85.1 cm³/mol. The summed E-state index contributed by atoms with van der Waals surface area (Å²) in [4.78, 5) is 24.3. The molecular weight excluding hydrogens is 316 g/mol. The van der Waals surface area contributed by atoms with Gasteiger partial charge in [0, 0.05) is 4.90 Å². The number of rotatable bonds is 6. The van der Waals surface area contributed by atoms with Gasteiger partial charge in [0.05, 0.1) is 17.5 Å². The van der Waals surface area contributed by atoms with Gasteiger partial charge in [-0.15, -0.1) is 11.8 Å². The molecule has 118 valence electrons. The van der Waals surface area contributed by atoms with Crippen molar-refractivity contribution in [3.05, 3.63) is 47.9 Å². The number of nitrogens with zero attached hydrogens (tertiary/aromatic N) is 1. The number of carbonyl (C=O) groups is 2. The highest BCUT2D eigenvalue weighted by Gasteiger charge is 2.14. The zero-order valence-electron chi connectivity index (χ0n) is 12.4. The summed E-state index contributed by atoms with van der Waals surface area (Å²) in [6.07, 6.45) is 0. The van der Waals surface area contributed by atoms with Gasteiger partial charge in [0.2, 0.25) is 5.76 Å². The molecule has 0 aliphatic carbocycles. The van der Waals surface area contributed by atoms with E-state index in [4.69, 9.17) is 14.4 Å². The number of thioether (sulfide) groups is 1. The third kappa shape index (κ3) is 4.90. The van der Waals surface area contributed by atoms with Crippen LogP contribution in [0.2, 0.25) is 0 Å². The van der Waals surface area contributed by atoms with Crippen molar-refractivity contribution in [2.24, 2.45) is 0 Å². The molecule has 0 saturated heterocycles. The van der Waals surface area contributed by atoms with Crippen LogP contribution in [0.5, 0.6) is 0 Å². The fourth-order valence-electron chi connectivity index (χ4n) is 1.74. The minimum atomic E-state index is -0.694. The maximum absolute atomic E-state index is 11.9. The second-order valence-electron chi connectivity index (χ2n) is 4.48. The summed E-state index contributed by atoms with van der Waals surface area (Å²) >= 11 is 1.31. The second-order valence-corrected chi connectivity index (χ2v) is 5.49. The maximum Gasteiger partial charge on any atom is 0.374 e. The number of hydrogen-bond acceptors (Lipinski definition) is 6. The molecule has 0 bridgehead atoms. The average Bonchev–Trinajstić information content (AvgIpc) is 2.98. The highest BCUT2D eigenvalue weighted by Crippen LogP contribution is 2.26. The first kappa shape index (κ1) is 16.6. The third-order valence-electron chi connectivity index (χ3n) is 2.73. The van der Waals surface area contributed by atoms with Gasteiger partial charge in [0.15, 0.2) is 6.61 Å². The summed E-state index contributed by atoms with van der Waals surface area (Å²) in [5, 5.41) is 11.3. The minimum absolute atomic E-state index is 0.0558. The van der Waals surface area contributed by atoms with Crippen molar-refractivity contribution in [2.75, 3.05) is 17.7 Å². The monoisotopic (exact) mass is 330 g/mol. The lowest BCUT2D eigenvalue weighted by atomic mass is 10.3. The van der Waals surface area contributed by atoms with E-state index in [9.17, 15) is 9.59 Å². The van der Waals surface area contributed by atoms with Gasteiger partial charge >= 0.3 is 5.97 Å². The molecule has 0 fully saturated rings. The Hall–Kier alpha value is -2.72. The molecule has 1 aromatic carbocycles. The van der Waals surface area contributed by atoms with E-state index in [1.54, 1.807) is 31.2 Å². The average molecular weight is 330 g/mol. The number of esters is 1. The standard InChI is InChI=1S/C16H14N2O4S/c1-11-6-7-13(22-11)16(20)21-10-15(19)18-12-4-2-3-5-14(12)23-9-8-17/h2-7H,9-10H2,1H3,(H,18,19). The molecule has 7 heteroatoms. The van der Waals surface area contributed by atoms with Crippen LogP contribution in [-0.2, 0) is 9.53 Å². The molecule has 0 atom stereocenters. The second kappa shape index (κ2) is 8.06. The predicted octanol–water partition coefficient (Wildman–Crippen LogP) is 3.00. The van der Waals surface area contributed by atoms with E-state index in [-0.39, 0.29) is 11.5 Å². The molecule has 2 rings (SSSR count). The number of aryl methyl sites for hydroxylation is 1. The van der Waals surface area contributed by atoms with Gasteiger partial charge in [-0.1, -0.05) is 12.1 Å². The summed E-state index contributed by atoms with van der Waals surface area (Å²) in [5.74, 6) is -0.239. The summed E-state index contributed by atoms with van der Waals surface area (Å²) in [6.45, 7) is 1.29. The van der Waals surface area contributed by atoms with Crippen LogP contribution in [0.3, 0.4) is 0 Å². The topological polar surface area (TPSA) is 92.3 Å². The van der Waals surface area contributed by atoms with E-state index >= 15 is 0 Å². The van der Waals surface area contributed by atoms with Crippen LogP contribution in [0, 0.1) is 18.3 Å². The van der Waals surface area contributed by atoms with E-state index in [2.05, 4.69) is 5.32 Å². The van der Waals surface area contributed by atoms with Gasteiger partial charge in [-0.05, 0) is 31.2 Å². The normalized spacial score (nSPS) is 9.91. The Morgan fingerprint density at radius 1 is 1.30 bits per heavy atom. The van der Waals surface area contributed by atoms with Gasteiger partial charge in [-0.3, -0.25) is 4.79 Å². The number of benzene rings is 1. The molecule has 0 saturated carbocycles. The zero-order chi connectivity index (χ0) is 16.7. The number of ether oxygens (including phenoxy) is 1. The van der Waals surface area contributed by atoms with Crippen LogP contribution in [0.15, 0.2) is 45.7 Å². The Bertz CT molecular complexity index is 749. The number of nitrogens with one attached hydrogen (secondary N) is 1. The molecule has 2 aromatic rings. The quantitative estimate of drug-likeness (QED) is 0.646. The Morgan fingerprint density at radius 3 is 2.78 bits per heavy atom. The third-order valence-corrected chi connectivity index (χ3v) is 3.67. The molecule has 1 N–H and O–H groups in total. The number of amides is 1. The van der Waals surface area contributed by atoms with Crippen molar-refractivity contribution in [1.82, 2.24) is 0 Å². The van der Waals surface area contributed by atoms with Crippen LogP contribution in [-0.4, -0.2) is 24.2 Å². The molecule has 0 aliphatic heterocycles. The van der Waals surface area contributed by atoms with Gasteiger partial charge in [0.25, 0.3) is 5.91 Å². The first-order valence-electron chi connectivity index (χ1n) is 6.72. The lowest BCUT2D eigenvalue weighted by molar-refractivity contribution is -0.119. The van der Waals surface area contributed by atoms with Crippen molar-refractivity contribution >= 4 is 29.3 Å². The van der Waals surface area contributed by atoms with Crippen molar-refractivity contribution in [3.8, 4) is 6.07 Å². The summed E-state index contributed by atoms with van der Waals surface area (Å²) in [6, 6.07) is 12.3. The number of furan rings is 1. The molecule has 23 heavy (non-hydrogen) atoms. The molecule has 1 heterocycles. The summed E-state index contributed by atoms with van der Waals surface area (Å²) in [5.41, 5.74) is 0.572. The lowest BCUT2D eigenvalue weighted by Gasteiger charge is -2.09. The van der Waals surface area contributed by atoms with Crippen LogP contribution in [0.1, 0.15) is 16.3 Å². The molecule has 0 aliphatic rings. The van der Waals surface area contributed by atoms with Crippen LogP contribution < -0.4 is 5.32 Å². The number of carbonyl (C=O) groups excluding carboxylic acids is 2. The van der Waals surface area contributed by atoms with Crippen molar-refractivity contribution in [2.45, 2.75) is 11.8 Å². The Morgan fingerprint density at radius 2 is 2.09 bits per heavy atom. The maximum atomic E-state index is 11.9. The van der Waals surface area contributed by atoms with Gasteiger partial charge in [-0.2, -0.15) is 5.26 Å². The van der Waals surface area contributed by atoms with Gasteiger partial charge in [-0.25, -0.2) is 4.79 Å². The first-order valence-corrected chi connectivity index (χ1v) is 7.71. The number of nitriles is 1. The number of hydrogen-bond donors (Lipinski definition) is 1. The fourth-order valence-corrected chi connectivity index (χ4v) is 2.41. The van der Waals surface area contributed by atoms with E-state index in [1.165, 1.54) is 17.8 Å². The fraction of sp³-hybridized carbons (Fsp3) is 0.188. The molecule has 0 radical (unpaired) electrons. The molecule has 1 amide bonds. The smallest absolute Gasteiger partial charge is 0.374 e. The Balaban J connectivity index is 1.90. The van der Waals surface area contributed by atoms with Crippen LogP contribution in [0.25, 0.3) is 0 Å². The van der Waals surface area contributed by atoms with Crippen LogP contribution in [0.4, 0.5) is 5.69 Å². The lowest BCUT2D eigenvalue weighted by Crippen LogP contribution is -2.21. The number of anilines is 1. The van der Waals surface area contributed by atoms with Crippen molar-refractivity contribution < 1.29 is 18.7 Å². The highest BCUT2D eigenvalue weighted by molar-refractivity contribution is 7.99. The SMILES string of the molecule is Cc1ccc(C(=O)OCC(=O)Nc2ccccc2SCC#N)o1. The molecule has 0 unspecified atom stereocenters. The van der Waals surface area contributed by atoms with Crippen molar-refractivity contribution in [3.63, 3.8) is 0 Å². The Labute approximate surface area is 137 Å². The largest absolute Gasteiger partial charge is 0.454 e. The van der Waals surface area contributed by atoms with E-state index in [0.29, 0.717) is 11.4 Å². The Kier molecular flexibility index (Phi) is 5.83. The molecular formula is C16H14N2O4S. The van der Waals surface area contributed by atoms with E-state index < -0.39 is 18.5 Å². The zero-order valence-corrected chi connectivity index (χ0v) is 13.2. The minimum Gasteiger partial charge on any atom is -0.454 e. The van der Waals surface area contributed by atoms with Crippen LogP contribution >= 0.6 is 11.8 Å². The van der Waals surface area contributed by atoms with E-state index in [0.717, 1.165) is 4.90 Å². The number of para-hydroxylation sites is 1. The van der Waals surface area contributed by atoms with Crippen molar-refractivity contribution in [1.29, 1.82) is 5.26 Å². The summed E-state index contributed by atoms with van der Waals surface area (Å²) in [7, 11) is 0. The summed E-state index contributed by atoms with van der Waals surface area (Å²) < 4.78 is 10.0. The van der Waals surface area contributed by atoms with Gasteiger partial charge in [0.1, 0.15) is 5.76 Å². The van der Waals surface area contributed by atoms with E-state index in [1.807, 2.05) is 12.1 Å². The molecule has 6 nitrogen and oxygen atoms in total. The molecule has 1 aromatic heterocycles. The first-order chi connectivity index (χ1) is 11.1. The molecule has 0 spiro atoms. The highest BCUT2D eigenvalue weighted by atomic mass is 32.2.